The van der Waals surface area contributed by atoms with Crippen molar-refractivity contribution >= 4 is 21.8 Å². The van der Waals surface area contributed by atoms with Gasteiger partial charge < -0.3 is 4.74 Å². The summed E-state index contributed by atoms with van der Waals surface area (Å²) in [5.41, 5.74) is 0.569. The van der Waals surface area contributed by atoms with Crippen LogP contribution >= 0.6 is 0 Å². The first kappa shape index (κ1) is 22.1. The van der Waals surface area contributed by atoms with Gasteiger partial charge in [-0.05, 0) is 93.7 Å². The molecule has 0 aromatic heterocycles. The Hall–Kier alpha value is -1.73. The second-order valence-corrected chi connectivity index (χ2v) is 12.6. The van der Waals surface area contributed by atoms with E-state index in [4.69, 9.17) is 4.74 Å². The molecule has 0 spiro atoms. The van der Waals surface area contributed by atoms with Crippen LogP contribution in [0.2, 0.25) is 0 Å². The van der Waals surface area contributed by atoms with E-state index in [0.717, 1.165) is 38.5 Å². The minimum atomic E-state index is -3.64. The molecule has 4 saturated carbocycles. The number of carbonyl (C=O) groups is 2. The highest BCUT2D eigenvalue weighted by Crippen LogP contribution is 2.60. The summed E-state index contributed by atoms with van der Waals surface area (Å²) in [7, 11) is -3.64. The molecule has 32 heavy (non-hydrogen) atoms. The summed E-state index contributed by atoms with van der Waals surface area (Å²) in [5, 5.41) is 0. The number of carbonyl (C=O) groups excluding carboxylic acids is 2. The lowest BCUT2D eigenvalue weighted by Crippen LogP contribution is -2.51. The summed E-state index contributed by atoms with van der Waals surface area (Å²) in [6.07, 6.45) is 9.33. The quantitative estimate of drug-likeness (QED) is 0.598. The van der Waals surface area contributed by atoms with Crippen molar-refractivity contribution in [2.45, 2.75) is 69.6 Å². The number of rotatable bonds is 6. The molecule has 0 N–H and O–H groups in total. The number of hydrogen-bond donors (Lipinski definition) is 0. The lowest BCUT2D eigenvalue weighted by molar-refractivity contribution is -0.147. The summed E-state index contributed by atoms with van der Waals surface area (Å²) < 4.78 is 33.0. The molecule has 0 unspecified atom stereocenters. The largest absolute Gasteiger partial charge is 0.454 e. The van der Waals surface area contributed by atoms with E-state index in [1.165, 1.54) is 29.6 Å². The first-order valence-electron chi connectivity index (χ1n) is 12.1. The summed E-state index contributed by atoms with van der Waals surface area (Å²) in [6.45, 7) is 2.56. The molecular weight excluding hydrogens is 426 g/mol. The van der Waals surface area contributed by atoms with Gasteiger partial charge >= 0.3 is 5.97 Å². The number of piperidine rings is 1. The van der Waals surface area contributed by atoms with E-state index in [1.807, 2.05) is 0 Å². The molecule has 1 saturated heterocycles. The van der Waals surface area contributed by atoms with Crippen LogP contribution in [0.5, 0.6) is 0 Å². The Balaban J connectivity index is 1.28. The normalized spacial score (nSPS) is 32.1. The van der Waals surface area contributed by atoms with Crippen molar-refractivity contribution in [3.8, 4) is 0 Å². The third-order valence-corrected chi connectivity index (χ3v) is 10.2. The van der Waals surface area contributed by atoms with E-state index in [-0.39, 0.29) is 28.3 Å². The van der Waals surface area contributed by atoms with E-state index in [1.54, 1.807) is 19.1 Å². The molecule has 1 heterocycles. The van der Waals surface area contributed by atoms with Gasteiger partial charge in [0, 0.05) is 18.5 Å². The van der Waals surface area contributed by atoms with Crippen molar-refractivity contribution in [3.05, 3.63) is 29.3 Å². The second-order valence-electron chi connectivity index (χ2n) is 10.6. The van der Waals surface area contributed by atoms with Crippen LogP contribution in [-0.2, 0) is 19.6 Å². The molecule has 5 fully saturated rings. The molecule has 1 aliphatic heterocycles. The van der Waals surface area contributed by atoms with E-state index in [2.05, 4.69) is 0 Å². The first-order valence-corrected chi connectivity index (χ1v) is 13.5. The van der Waals surface area contributed by atoms with Gasteiger partial charge in [-0.15, -0.1) is 0 Å². The Morgan fingerprint density at radius 1 is 1.00 bits per heavy atom. The molecule has 6 nitrogen and oxygen atoms in total. The average Bonchev–Trinajstić information content (AvgIpc) is 2.77. The molecule has 0 radical (unpaired) electrons. The number of hydrogen-bond acceptors (Lipinski definition) is 5. The molecule has 4 aliphatic carbocycles. The maximum absolute atomic E-state index is 13.2. The standard InChI is InChI=1S/C25H33NO5S/c1-17-5-6-21(32(29,30)26-7-3-2-4-8-26)12-22(17)24(28)31-16-23(27)25-13-18-9-19(14-25)11-20(10-18)15-25/h5-6,12,18-20H,2-4,7-11,13-16H2,1H3. The van der Waals surface area contributed by atoms with Crippen LogP contribution in [0.3, 0.4) is 0 Å². The predicted molar refractivity (Wildman–Crippen MR) is 120 cm³/mol. The van der Waals surface area contributed by atoms with E-state index >= 15 is 0 Å². The maximum atomic E-state index is 13.2. The molecule has 7 heteroatoms. The van der Waals surface area contributed by atoms with Gasteiger partial charge in [0.15, 0.2) is 12.4 Å². The number of sulfonamides is 1. The number of Topliss-reactive ketones (excluding diaryl/α,β-unsaturated/α-hetero) is 1. The summed E-state index contributed by atoms with van der Waals surface area (Å²) in [6, 6.07) is 4.61. The van der Waals surface area contributed by atoms with E-state index in [0.29, 0.717) is 36.4 Å². The minimum Gasteiger partial charge on any atom is -0.454 e. The first-order chi connectivity index (χ1) is 15.3. The van der Waals surface area contributed by atoms with Crippen molar-refractivity contribution in [2.75, 3.05) is 19.7 Å². The SMILES string of the molecule is Cc1ccc(S(=O)(=O)N2CCCCC2)cc1C(=O)OCC(=O)C12CC3CC(CC(C3)C1)C2. The molecule has 6 rings (SSSR count). The molecule has 1 aromatic rings. The molecule has 0 atom stereocenters. The smallest absolute Gasteiger partial charge is 0.338 e. The molecule has 174 valence electrons. The number of benzene rings is 1. The number of nitrogens with zero attached hydrogens (tertiary/aromatic N) is 1. The summed E-state index contributed by atoms with van der Waals surface area (Å²) >= 11 is 0. The molecule has 5 aliphatic rings. The van der Waals surface area contributed by atoms with Crippen molar-refractivity contribution in [3.63, 3.8) is 0 Å². The predicted octanol–water partition coefficient (Wildman–Crippen LogP) is 4.11. The van der Waals surface area contributed by atoms with Crippen LogP contribution in [0.4, 0.5) is 0 Å². The molecule has 1 aromatic carbocycles. The van der Waals surface area contributed by atoms with Crippen LogP contribution < -0.4 is 0 Å². The Bertz CT molecular complexity index is 989. The highest BCUT2D eigenvalue weighted by molar-refractivity contribution is 7.89. The number of ketones is 1. The zero-order valence-electron chi connectivity index (χ0n) is 18.8. The zero-order valence-corrected chi connectivity index (χ0v) is 19.7. The number of aryl methyl sites for hydroxylation is 1. The van der Waals surface area contributed by atoms with Crippen LogP contribution in [0, 0.1) is 30.1 Å². The Kier molecular flexibility index (Phi) is 5.69. The topological polar surface area (TPSA) is 80.8 Å². The summed E-state index contributed by atoms with van der Waals surface area (Å²) in [5.74, 6) is 1.40. The Morgan fingerprint density at radius 3 is 2.19 bits per heavy atom. The third kappa shape index (κ3) is 3.92. The van der Waals surface area contributed by atoms with Crippen molar-refractivity contribution in [1.29, 1.82) is 0 Å². The fourth-order valence-electron chi connectivity index (χ4n) is 7.05. The molecule has 4 bridgehead atoms. The van der Waals surface area contributed by atoms with Gasteiger partial charge in [-0.1, -0.05) is 12.5 Å². The summed E-state index contributed by atoms with van der Waals surface area (Å²) in [4.78, 5) is 26.2. The lowest BCUT2D eigenvalue weighted by Gasteiger charge is -2.55. The minimum absolute atomic E-state index is 0.0553. The fourth-order valence-corrected chi connectivity index (χ4v) is 8.59. The Morgan fingerprint density at radius 2 is 1.59 bits per heavy atom. The van der Waals surface area contributed by atoms with Crippen molar-refractivity contribution in [1.82, 2.24) is 4.31 Å². The fraction of sp³-hybridized carbons (Fsp3) is 0.680. The number of esters is 1. The van der Waals surface area contributed by atoms with Crippen molar-refractivity contribution in [2.24, 2.45) is 23.2 Å². The average molecular weight is 460 g/mol. The monoisotopic (exact) mass is 459 g/mol. The van der Waals surface area contributed by atoms with Crippen LogP contribution in [0.1, 0.15) is 73.7 Å². The van der Waals surface area contributed by atoms with Crippen LogP contribution in [-0.4, -0.2) is 44.2 Å². The Labute approximate surface area is 190 Å². The van der Waals surface area contributed by atoms with Crippen LogP contribution in [0.25, 0.3) is 0 Å². The number of ether oxygens (including phenoxy) is 1. The van der Waals surface area contributed by atoms with E-state index < -0.39 is 16.0 Å². The molecule has 0 amide bonds. The van der Waals surface area contributed by atoms with Gasteiger partial charge in [0.05, 0.1) is 10.5 Å². The van der Waals surface area contributed by atoms with Gasteiger partial charge in [0.25, 0.3) is 0 Å². The highest BCUT2D eigenvalue weighted by atomic mass is 32.2. The molecular formula is C25H33NO5S. The third-order valence-electron chi connectivity index (χ3n) is 8.35. The van der Waals surface area contributed by atoms with Gasteiger partial charge in [0.1, 0.15) is 0 Å². The highest BCUT2D eigenvalue weighted by Gasteiger charge is 2.54. The van der Waals surface area contributed by atoms with Crippen molar-refractivity contribution < 1.29 is 22.7 Å². The van der Waals surface area contributed by atoms with Gasteiger partial charge in [-0.25, -0.2) is 13.2 Å². The second kappa shape index (κ2) is 8.24. The van der Waals surface area contributed by atoms with Gasteiger partial charge in [-0.3, -0.25) is 4.79 Å². The van der Waals surface area contributed by atoms with Gasteiger partial charge in [-0.2, -0.15) is 4.31 Å². The van der Waals surface area contributed by atoms with Crippen LogP contribution in [0.15, 0.2) is 23.1 Å². The van der Waals surface area contributed by atoms with Gasteiger partial charge in [0.2, 0.25) is 10.0 Å². The maximum Gasteiger partial charge on any atom is 0.338 e. The lowest BCUT2D eigenvalue weighted by atomic mass is 9.48. The van der Waals surface area contributed by atoms with E-state index in [9.17, 15) is 18.0 Å². The zero-order chi connectivity index (χ0) is 22.5.